The number of fused-ring (bicyclic) bond motifs is 6. The van der Waals surface area contributed by atoms with Crippen LogP contribution in [0.4, 0.5) is 34.1 Å². The summed E-state index contributed by atoms with van der Waals surface area (Å²) in [5.74, 6) is 0. The van der Waals surface area contributed by atoms with Crippen molar-refractivity contribution >= 4 is 97.1 Å². The maximum atomic E-state index is 2.42. The van der Waals surface area contributed by atoms with Gasteiger partial charge in [-0.1, -0.05) is 121 Å². The molecule has 0 N–H and O–H groups in total. The topological polar surface area (TPSA) is 6.48 Å². The molecule has 0 saturated heterocycles. The number of rotatable bonds is 8. The lowest BCUT2D eigenvalue weighted by molar-refractivity contribution is 1.25. The van der Waals surface area contributed by atoms with E-state index >= 15 is 0 Å². The van der Waals surface area contributed by atoms with Gasteiger partial charge in [0.2, 0.25) is 0 Å². The first kappa shape index (κ1) is 34.3. The highest BCUT2D eigenvalue weighted by Gasteiger charge is 2.21. The maximum absolute atomic E-state index is 2.42. The Balaban J connectivity index is 1.15. The van der Waals surface area contributed by atoms with Crippen LogP contribution in [0.2, 0.25) is 0 Å². The zero-order valence-corrected chi connectivity index (χ0v) is 33.1. The largest absolute Gasteiger partial charge is 0.310 e. The Hall–Kier alpha value is -6.98. The molecule has 58 heavy (non-hydrogen) atoms. The molecule has 0 aliphatic rings. The van der Waals surface area contributed by atoms with Gasteiger partial charge in [0.25, 0.3) is 0 Å². The van der Waals surface area contributed by atoms with E-state index in [2.05, 4.69) is 228 Å². The SMILES string of the molecule is c1ccc(-c2ccc(N(c3ccccc3)c3cc(-c4ccc5sc6ccccc6c5c4)cc(N(c4ccccc4)c4ccc5sc6ccccc6c5c4)c3)cc2)cc1. The second kappa shape index (κ2) is 14.5. The van der Waals surface area contributed by atoms with E-state index in [4.69, 9.17) is 0 Å². The number of nitrogens with zero attached hydrogens (tertiary/aromatic N) is 2. The molecule has 0 amide bonds. The van der Waals surface area contributed by atoms with Gasteiger partial charge in [-0.2, -0.15) is 0 Å². The highest BCUT2D eigenvalue weighted by Crippen LogP contribution is 2.46. The molecule has 2 nitrogen and oxygen atoms in total. The molecule has 11 rings (SSSR count). The van der Waals surface area contributed by atoms with Crippen molar-refractivity contribution in [2.75, 3.05) is 9.80 Å². The molecule has 0 saturated carbocycles. The van der Waals surface area contributed by atoms with Gasteiger partial charge < -0.3 is 9.80 Å². The lowest BCUT2D eigenvalue weighted by Gasteiger charge is -2.30. The summed E-state index contributed by atoms with van der Waals surface area (Å²) in [6, 6.07) is 79.5. The van der Waals surface area contributed by atoms with Gasteiger partial charge in [-0.25, -0.2) is 0 Å². The second-order valence-corrected chi connectivity index (χ2v) is 16.7. The average Bonchev–Trinajstić information content (AvgIpc) is 3.86. The molecule has 9 aromatic carbocycles. The Morgan fingerprint density at radius 1 is 0.224 bits per heavy atom. The molecule has 0 atom stereocenters. The van der Waals surface area contributed by atoms with Crippen molar-refractivity contribution in [2.24, 2.45) is 0 Å². The molecule has 2 aromatic heterocycles. The highest BCUT2D eigenvalue weighted by atomic mass is 32.1. The van der Waals surface area contributed by atoms with E-state index in [1.54, 1.807) is 0 Å². The van der Waals surface area contributed by atoms with Crippen LogP contribution in [0.1, 0.15) is 0 Å². The first-order valence-corrected chi connectivity index (χ1v) is 21.2. The number of anilines is 6. The van der Waals surface area contributed by atoms with Crippen LogP contribution in [0.5, 0.6) is 0 Å². The summed E-state index contributed by atoms with van der Waals surface area (Å²) in [7, 11) is 0. The van der Waals surface area contributed by atoms with E-state index in [1.165, 1.54) is 57.0 Å². The summed E-state index contributed by atoms with van der Waals surface area (Å²) >= 11 is 3.71. The molecule has 0 aliphatic heterocycles. The Kier molecular flexibility index (Phi) is 8.58. The van der Waals surface area contributed by atoms with Gasteiger partial charge in [0.1, 0.15) is 0 Å². The van der Waals surface area contributed by atoms with Crippen molar-refractivity contribution in [1.82, 2.24) is 0 Å². The lowest BCUT2D eigenvalue weighted by atomic mass is 9.99. The number of benzene rings is 9. The Labute approximate surface area is 345 Å². The minimum absolute atomic E-state index is 1.07. The third-order valence-electron chi connectivity index (χ3n) is 11.0. The first-order valence-electron chi connectivity index (χ1n) is 19.6. The molecule has 4 heteroatoms. The molecule has 0 fully saturated rings. The van der Waals surface area contributed by atoms with Gasteiger partial charge in [-0.05, 0) is 119 Å². The van der Waals surface area contributed by atoms with Gasteiger partial charge in [0.05, 0.1) is 0 Å². The molecular weight excluding hydrogens is 741 g/mol. The number of para-hydroxylation sites is 2. The molecule has 0 unspecified atom stereocenters. The van der Waals surface area contributed by atoms with Crippen LogP contribution in [0.3, 0.4) is 0 Å². The maximum Gasteiger partial charge on any atom is 0.0488 e. The van der Waals surface area contributed by atoms with E-state index in [9.17, 15) is 0 Å². The zero-order chi connectivity index (χ0) is 38.4. The van der Waals surface area contributed by atoms with E-state index in [0.29, 0.717) is 0 Å². The van der Waals surface area contributed by atoms with Crippen LogP contribution in [-0.2, 0) is 0 Å². The summed E-state index contributed by atoms with van der Waals surface area (Å²) in [5.41, 5.74) is 11.3. The quantitative estimate of drug-likeness (QED) is 0.152. The Morgan fingerprint density at radius 2 is 0.638 bits per heavy atom. The van der Waals surface area contributed by atoms with Crippen LogP contribution < -0.4 is 9.80 Å². The zero-order valence-electron chi connectivity index (χ0n) is 31.5. The Bertz CT molecular complexity index is 3220. The monoisotopic (exact) mass is 776 g/mol. The van der Waals surface area contributed by atoms with Crippen LogP contribution in [-0.4, -0.2) is 0 Å². The second-order valence-electron chi connectivity index (χ2n) is 14.6. The van der Waals surface area contributed by atoms with Crippen LogP contribution in [0, 0.1) is 0 Å². The summed E-state index contributed by atoms with van der Waals surface area (Å²) in [5, 5.41) is 5.15. The summed E-state index contributed by atoms with van der Waals surface area (Å²) in [4.78, 5) is 4.80. The molecule has 0 aliphatic carbocycles. The third kappa shape index (κ3) is 6.20. The van der Waals surface area contributed by atoms with E-state index in [1.807, 2.05) is 22.7 Å². The van der Waals surface area contributed by atoms with E-state index in [-0.39, 0.29) is 0 Å². The van der Waals surface area contributed by atoms with Gasteiger partial charge in [-0.15, -0.1) is 22.7 Å². The highest BCUT2D eigenvalue weighted by molar-refractivity contribution is 7.26. The lowest BCUT2D eigenvalue weighted by Crippen LogP contribution is -2.13. The van der Waals surface area contributed by atoms with E-state index in [0.717, 1.165) is 39.7 Å². The van der Waals surface area contributed by atoms with Crippen molar-refractivity contribution in [1.29, 1.82) is 0 Å². The predicted octanol–water partition coefficient (Wildman–Crippen LogP) is 16.7. The molecule has 0 spiro atoms. The van der Waals surface area contributed by atoms with Gasteiger partial charge in [0, 0.05) is 74.5 Å². The fourth-order valence-corrected chi connectivity index (χ4v) is 10.4. The Morgan fingerprint density at radius 3 is 1.24 bits per heavy atom. The normalized spacial score (nSPS) is 11.4. The summed E-state index contributed by atoms with van der Waals surface area (Å²) < 4.78 is 5.20. The fraction of sp³-hybridized carbons (Fsp3) is 0. The third-order valence-corrected chi connectivity index (χ3v) is 13.3. The summed E-state index contributed by atoms with van der Waals surface area (Å²) in [6.07, 6.45) is 0. The van der Waals surface area contributed by atoms with Crippen LogP contribution >= 0.6 is 22.7 Å². The standard InChI is InChI=1S/C54H36N2S2/c1-4-14-37(15-5-1)38-24-27-43(28-25-38)55(41-16-6-2-7-17-41)45-32-40(39-26-30-53-49(34-39)47-20-10-12-22-51(47)57-53)33-46(35-45)56(42-18-8-3-9-19-42)44-29-31-54-50(36-44)48-21-11-13-23-52(48)58-54/h1-36H. The predicted molar refractivity (Wildman–Crippen MR) is 252 cm³/mol. The molecule has 2 heterocycles. The van der Waals surface area contributed by atoms with Crippen molar-refractivity contribution in [3.05, 3.63) is 218 Å². The summed E-state index contributed by atoms with van der Waals surface area (Å²) in [6.45, 7) is 0. The molecule has 11 aromatic rings. The van der Waals surface area contributed by atoms with Crippen molar-refractivity contribution in [2.45, 2.75) is 0 Å². The van der Waals surface area contributed by atoms with Crippen LogP contribution in [0.25, 0.3) is 62.6 Å². The number of hydrogen-bond acceptors (Lipinski definition) is 4. The van der Waals surface area contributed by atoms with Gasteiger partial charge in [0.15, 0.2) is 0 Å². The smallest absolute Gasteiger partial charge is 0.0488 e. The first-order chi connectivity index (χ1) is 28.7. The van der Waals surface area contributed by atoms with Gasteiger partial charge in [-0.3, -0.25) is 0 Å². The van der Waals surface area contributed by atoms with Crippen molar-refractivity contribution < 1.29 is 0 Å². The molecule has 0 radical (unpaired) electrons. The minimum Gasteiger partial charge on any atom is -0.310 e. The molecule has 0 bridgehead atoms. The van der Waals surface area contributed by atoms with Crippen LogP contribution in [0.15, 0.2) is 218 Å². The molecular formula is C54H36N2S2. The van der Waals surface area contributed by atoms with Gasteiger partial charge >= 0.3 is 0 Å². The number of hydrogen-bond donors (Lipinski definition) is 0. The minimum atomic E-state index is 1.07. The molecule has 274 valence electrons. The fourth-order valence-electron chi connectivity index (χ4n) is 8.26. The van der Waals surface area contributed by atoms with Crippen molar-refractivity contribution in [3.8, 4) is 22.3 Å². The number of thiophene rings is 2. The van der Waals surface area contributed by atoms with E-state index < -0.39 is 0 Å². The van der Waals surface area contributed by atoms with Crippen molar-refractivity contribution in [3.63, 3.8) is 0 Å². The average molecular weight is 777 g/mol.